The number of anilines is 1. The van der Waals surface area contributed by atoms with E-state index in [1.165, 1.54) is 6.08 Å². The number of urea groups is 1. The summed E-state index contributed by atoms with van der Waals surface area (Å²) in [6.45, 7) is 3.42. The van der Waals surface area contributed by atoms with Gasteiger partial charge in [0.1, 0.15) is 0 Å². The molecule has 0 radical (unpaired) electrons. The van der Waals surface area contributed by atoms with Gasteiger partial charge in [-0.3, -0.25) is 0 Å². The fraction of sp³-hybridized carbons (Fsp3) is 0.412. The van der Waals surface area contributed by atoms with Crippen molar-refractivity contribution in [3.05, 3.63) is 35.9 Å². The van der Waals surface area contributed by atoms with Gasteiger partial charge in [-0.25, -0.2) is 9.59 Å². The van der Waals surface area contributed by atoms with Gasteiger partial charge >= 0.3 is 12.0 Å². The number of esters is 1. The zero-order valence-corrected chi connectivity index (χ0v) is 13.6. The van der Waals surface area contributed by atoms with E-state index in [0.717, 1.165) is 18.4 Å². The third-order valence-electron chi connectivity index (χ3n) is 2.93. The van der Waals surface area contributed by atoms with Crippen molar-refractivity contribution in [1.82, 2.24) is 5.32 Å². The lowest BCUT2D eigenvalue weighted by atomic mass is 10.2. The van der Waals surface area contributed by atoms with E-state index in [1.807, 2.05) is 12.1 Å². The maximum atomic E-state index is 11.7. The topological polar surface area (TPSA) is 76.7 Å². The summed E-state index contributed by atoms with van der Waals surface area (Å²) in [4.78, 5) is 22.9. The van der Waals surface area contributed by atoms with E-state index in [2.05, 4.69) is 10.6 Å². The molecule has 0 saturated carbocycles. The Kier molecular flexibility index (Phi) is 9.16. The molecule has 2 N–H and O–H groups in total. The highest BCUT2D eigenvalue weighted by molar-refractivity contribution is 5.90. The largest absolute Gasteiger partial charge is 0.463 e. The molecule has 0 unspecified atom stereocenters. The molecule has 0 aliphatic heterocycles. The van der Waals surface area contributed by atoms with E-state index in [-0.39, 0.29) is 12.0 Å². The van der Waals surface area contributed by atoms with Crippen molar-refractivity contribution in [2.75, 3.05) is 32.2 Å². The summed E-state index contributed by atoms with van der Waals surface area (Å²) in [6, 6.07) is 6.93. The second-order valence-corrected chi connectivity index (χ2v) is 4.79. The fourth-order valence-electron chi connectivity index (χ4n) is 1.78. The average Bonchev–Trinajstić information content (AvgIpc) is 2.54. The number of carbonyl (C=O) groups is 2. The quantitative estimate of drug-likeness (QED) is 0.417. The van der Waals surface area contributed by atoms with Crippen molar-refractivity contribution in [2.24, 2.45) is 0 Å². The van der Waals surface area contributed by atoms with Gasteiger partial charge in [0.25, 0.3) is 0 Å². The number of hydrogen-bond acceptors (Lipinski definition) is 4. The number of nitrogens with one attached hydrogen (secondary N) is 2. The minimum absolute atomic E-state index is 0.239. The molecular formula is C17H24N2O4. The smallest absolute Gasteiger partial charge is 0.330 e. The van der Waals surface area contributed by atoms with Crippen LogP contribution in [-0.4, -0.2) is 38.9 Å². The van der Waals surface area contributed by atoms with Crippen molar-refractivity contribution in [3.8, 4) is 0 Å². The highest BCUT2D eigenvalue weighted by Crippen LogP contribution is 2.10. The maximum absolute atomic E-state index is 11.7. The van der Waals surface area contributed by atoms with Crippen LogP contribution in [0.1, 0.15) is 25.3 Å². The Morgan fingerprint density at radius 3 is 2.57 bits per heavy atom. The fourth-order valence-corrected chi connectivity index (χ4v) is 1.78. The van der Waals surface area contributed by atoms with Gasteiger partial charge in [-0.15, -0.1) is 0 Å². The number of hydrogen-bond donors (Lipinski definition) is 2. The summed E-state index contributed by atoms with van der Waals surface area (Å²) in [5, 5.41) is 5.53. The first-order valence-corrected chi connectivity index (χ1v) is 7.64. The Morgan fingerprint density at radius 2 is 1.91 bits per heavy atom. The summed E-state index contributed by atoms with van der Waals surface area (Å²) in [5.74, 6) is -0.373. The monoisotopic (exact) mass is 320 g/mol. The first kappa shape index (κ1) is 18.7. The molecule has 0 atom stereocenters. The summed E-state index contributed by atoms with van der Waals surface area (Å²) in [5.41, 5.74) is 1.54. The molecule has 6 nitrogen and oxygen atoms in total. The van der Waals surface area contributed by atoms with Crippen LogP contribution in [0.3, 0.4) is 0 Å². The molecule has 0 heterocycles. The van der Waals surface area contributed by atoms with Gasteiger partial charge in [0.05, 0.1) is 6.61 Å². The van der Waals surface area contributed by atoms with E-state index < -0.39 is 0 Å². The number of benzene rings is 1. The molecule has 126 valence electrons. The summed E-state index contributed by atoms with van der Waals surface area (Å²) in [6.07, 6.45) is 4.83. The van der Waals surface area contributed by atoms with Gasteiger partial charge in [-0.1, -0.05) is 12.1 Å². The summed E-state index contributed by atoms with van der Waals surface area (Å²) < 4.78 is 9.74. The molecule has 0 aliphatic rings. The van der Waals surface area contributed by atoms with Crippen molar-refractivity contribution in [2.45, 2.75) is 19.8 Å². The summed E-state index contributed by atoms with van der Waals surface area (Å²) in [7, 11) is 1.66. The standard InChI is InChI=1S/C17H24N2O4/c1-3-23-16(20)11-8-14-6-9-15(10-7-14)19-17(21)18-12-4-5-13-22-2/h6-11H,3-5,12-13H2,1-2H3,(H2,18,19,21)/b11-8+. The molecule has 0 aromatic heterocycles. The molecule has 6 heteroatoms. The van der Waals surface area contributed by atoms with Gasteiger partial charge < -0.3 is 20.1 Å². The predicted octanol–water partition coefficient (Wildman–Crippen LogP) is 2.81. The lowest BCUT2D eigenvalue weighted by Gasteiger charge is -2.07. The summed E-state index contributed by atoms with van der Waals surface area (Å²) >= 11 is 0. The molecule has 1 aromatic rings. The number of methoxy groups -OCH3 is 1. The lowest BCUT2D eigenvalue weighted by Crippen LogP contribution is -2.29. The SMILES string of the molecule is CCOC(=O)/C=C/c1ccc(NC(=O)NCCCCOC)cc1. The van der Waals surface area contributed by atoms with E-state index in [1.54, 1.807) is 32.2 Å². The number of carbonyl (C=O) groups excluding carboxylic acids is 2. The van der Waals surface area contributed by atoms with E-state index in [4.69, 9.17) is 9.47 Å². The van der Waals surface area contributed by atoms with Crippen molar-refractivity contribution in [3.63, 3.8) is 0 Å². The molecule has 0 bridgehead atoms. The molecule has 0 fully saturated rings. The Bertz CT molecular complexity index is 512. The van der Waals surface area contributed by atoms with E-state index in [9.17, 15) is 9.59 Å². The predicted molar refractivity (Wildman–Crippen MR) is 90.2 cm³/mol. The van der Waals surface area contributed by atoms with Gasteiger partial charge in [0.15, 0.2) is 0 Å². The van der Waals surface area contributed by atoms with Gasteiger partial charge in [-0.05, 0) is 43.5 Å². The third kappa shape index (κ3) is 8.63. The van der Waals surface area contributed by atoms with Crippen LogP contribution < -0.4 is 10.6 Å². The Labute approximate surface area is 136 Å². The van der Waals surface area contributed by atoms with Crippen molar-refractivity contribution < 1.29 is 19.1 Å². The maximum Gasteiger partial charge on any atom is 0.330 e. The van der Waals surface area contributed by atoms with Gasteiger partial charge in [-0.2, -0.15) is 0 Å². The van der Waals surface area contributed by atoms with Gasteiger partial charge in [0.2, 0.25) is 0 Å². The van der Waals surface area contributed by atoms with E-state index >= 15 is 0 Å². The highest BCUT2D eigenvalue weighted by Gasteiger charge is 2.01. The molecule has 0 saturated heterocycles. The Morgan fingerprint density at radius 1 is 1.17 bits per heavy atom. The number of rotatable bonds is 9. The third-order valence-corrected chi connectivity index (χ3v) is 2.93. The second kappa shape index (κ2) is 11.3. The van der Waals surface area contributed by atoms with Crippen LogP contribution >= 0.6 is 0 Å². The number of amides is 2. The van der Waals surface area contributed by atoms with Crippen LogP contribution in [-0.2, 0) is 14.3 Å². The molecule has 0 aliphatic carbocycles. The molecule has 1 rings (SSSR count). The first-order valence-electron chi connectivity index (χ1n) is 7.64. The minimum Gasteiger partial charge on any atom is -0.463 e. The minimum atomic E-state index is -0.373. The normalized spacial score (nSPS) is 10.5. The zero-order chi connectivity index (χ0) is 16.9. The number of ether oxygens (including phenoxy) is 2. The zero-order valence-electron chi connectivity index (χ0n) is 13.6. The Balaban J connectivity index is 2.35. The Hall–Kier alpha value is -2.34. The van der Waals surface area contributed by atoms with Crippen LogP contribution in [0.2, 0.25) is 0 Å². The highest BCUT2D eigenvalue weighted by atomic mass is 16.5. The lowest BCUT2D eigenvalue weighted by molar-refractivity contribution is -0.137. The molecule has 1 aromatic carbocycles. The van der Waals surface area contributed by atoms with Crippen LogP contribution in [0.5, 0.6) is 0 Å². The van der Waals surface area contributed by atoms with Crippen LogP contribution in [0.4, 0.5) is 10.5 Å². The second-order valence-electron chi connectivity index (χ2n) is 4.79. The van der Waals surface area contributed by atoms with Crippen LogP contribution in [0.15, 0.2) is 30.3 Å². The van der Waals surface area contributed by atoms with E-state index in [0.29, 0.717) is 25.4 Å². The molecule has 0 spiro atoms. The average molecular weight is 320 g/mol. The molecule has 2 amide bonds. The molecular weight excluding hydrogens is 296 g/mol. The number of unbranched alkanes of at least 4 members (excludes halogenated alkanes) is 1. The van der Waals surface area contributed by atoms with Crippen LogP contribution in [0, 0.1) is 0 Å². The van der Waals surface area contributed by atoms with Crippen molar-refractivity contribution in [1.29, 1.82) is 0 Å². The first-order chi connectivity index (χ1) is 11.2. The van der Waals surface area contributed by atoms with Crippen LogP contribution in [0.25, 0.3) is 6.08 Å². The van der Waals surface area contributed by atoms with Crippen molar-refractivity contribution >= 4 is 23.8 Å². The molecule has 23 heavy (non-hydrogen) atoms. The van der Waals surface area contributed by atoms with Gasteiger partial charge in [0, 0.05) is 32.0 Å².